The minimum Gasteiger partial charge on any atom is -0.493 e. The van der Waals surface area contributed by atoms with Crippen LogP contribution in [0.3, 0.4) is 0 Å². The van der Waals surface area contributed by atoms with Crippen LogP contribution in [0.5, 0.6) is 5.75 Å². The number of nitrogens with zero attached hydrogens (tertiary/aromatic N) is 3. The molecule has 1 aromatic carbocycles. The van der Waals surface area contributed by atoms with Gasteiger partial charge in [0.1, 0.15) is 16.3 Å². The number of aryl methyl sites for hydroxylation is 1. The Labute approximate surface area is 168 Å². The van der Waals surface area contributed by atoms with Crippen LogP contribution < -0.4 is 10.5 Å². The summed E-state index contributed by atoms with van der Waals surface area (Å²) in [5.74, 6) is 0.00670. The fraction of sp³-hybridized carbons (Fsp3) is 0.368. The lowest BCUT2D eigenvalue weighted by Crippen LogP contribution is -2.50. The number of hydrogen-bond acceptors (Lipinski definition) is 5. The Morgan fingerprint density at radius 3 is 2.48 bits per heavy atom. The smallest absolute Gasteiger partial charge is 0.265 e. The van der Waals surface area contributed by atoms with Crippen molar-refractivity contribution in [1.29, 1.82) is 0 Å². The number of primary amides is 1. The first kappa shape index (κ1) is 19.5. The minimum absolute atomic E-state index is 0.0206. The maximum atomic E-state index is 12.9. The van der Waals surface area contributed by atoms with Crippen LogP contribution in [0, 0.1) is 0 Å². The highest BCUT2D eigenvalue weighted by Gasteiger charge is 2.32. The molecule has 2 amide bonds. The Kier molecular flexibility index (Phi) is 4.83. The van der Waals surface area contributed by atoms with E-state index in [1.165, 1.54) is 21.1 Å². The number of aromatic nitrogens is 1. The molecule has 0 bridgehead atoms. The minimum atomic E-state index is -3.77. The number of sulfonamides is 1. The van der Waals surface area contributed by atoms with E-state index in [4.69, 9.17) is 10.5 Å². The van der Waals surface area contributed by atoms with E-state index in [2.05, 4.69) is 0 Å². The highest BCUT2D eigenvalue weighted by atomic mass is 32.2. The molecule has 154 valence electrons. The lowest BCUT2D eigenvalue weighted by atomic mass is 10.1. The molecule has 2 N–H and O–H groups in total. The number of benzene rings is 1. The topological polar surface area (TPSA) is 115 Å². The normalized spacial score (nSPS) is 17.1. The average molecular weight is 418 g/mol. The standard InChI is InChI=1S/C19H22N4O5S/c1-21-12-15(11-16(21)18(20)24)29(26,27)23-7-5-22(6-8-23)19(25)14-2-3-17-13(10-14)4-9-28-17/h2-3,10-12H,4-9H2,1H3,(H2,20,24). The second-order valence-corrected chi connectivity index (χ2v) is 9.09. The summed E-state index contributed by atoms with van der Waals surface area (Å²) in [4.78, 5) is 25.9. The Morgan fingerprint density at radius 1 is 1.10 bits per heavy atom. The lowest BCUT2D eigenvalue weighted by molar-refractivity contribution is 0.0697. The van der Waals surface area contributed by atoms with Crippen molar-refractivity contribution in [1.82, 2.24) is 13.8 Å². The first-order valence-electron chi connectivity index (χ1n) is 9.28. The van der Waals surface area contributed by atoms with Gasteiger partial charge in [-0.3, -0.25) is 9.59 Å². The molecule has 2 aromatic rings. The summed E-state index contributed by atoms with van der Waals surface area (Å²) in [5.41, 5.74) is 7.00. The number of nitrogens with two attached hydrogens (primary N) is 1. The third kappa shape index (κ3) is 3.49. The van der Waals surface area contributed by atoms with Crippen LogP contribution in [0.25, 0.3) is 0 Å². The van der Waals surface area contributed by atoms with Crippen LogP contribution in [0.2, 0.25) is 0 Å². The largest absolute Gasteiger partial charge is 0.493 e. The van der Waals surface area contributed by atoms with Crippen LogP contribution in [0.1, 0.15) is 26.4 Å². The van der Waals surface area contributed by atoms with E-state index < -0.39 is 15.9 Å². The molecule has 0 aliphatic carbocycles. The van der Waals surface area contributed by atoms with Gasteiger partial charge in [-0.2, -0.15) is 4.31 Å². The summed E-state index contributed by atoms with van der Waals surface area (Å²) >= 11 is 0. The highest BCUT2D eigenvalue weighted by molar-refractivity contribution is 7.89. The summed E-state index contributed by atoms with van der Waals surface area (Å²) in [6.45, 7) is 1.58. The van der Waals surface area contributed by atoms with Gasteiger partial charge in [-0.15, -0.1) is 0 Å². The number of carbonyl (C=O) groups excluding carboxylic acids is 2. The third-order valence-electron chi connectivity index (χ3n) is 5.33. The van der Waals surface area contributed by atoms with Crippen molar-refractivity contribution in [3.63, 3.8) is 0 Å². The summed E-state index contributed by atoms with van der Waals surface area (Å²) in [6, 6.07) is 6.68. The molecule has 0 unspecified atom stereocenters. The average Bonchev–Trinajstić information content (AvgIpc) is 3.33. The molecule has 10 heteroatoms. The highest BCUT2D eigenvalue weighted by Crippen LogP contribution is 2.27. The maximum absolute atomic E-state index is 12.9. The molecular formula is C19H22N4O5S. The number of rotatable bonds is 4. The van der Waals surface area contributed by atoms with Gasteiger partial charge in [-0.1, -0.05) is 0 Å². The van der Waals surface area contributed by atoms with Gasteiger partial charge in [0.15, 0.2) is 0 Å². The Bertz CT molecular complexity index is 1080. The monoisotopic (exact) mass is 418 g/mol. The van der Waals surface area contributed by atoms with Gasteiger partial charge in [0, 0.05) is 51.4 Å². The van der Waals surface area contributed by atoms with Gasteiger partial charge in [-0.25, -0.2) is 8.42 Å². The van der Waals surface area contributed by atoms with Crippen molar-refractivity contribution in [2.24, 2.45) is 12.8 Å². The van der Waals surface area contributed by atoms with E-state index in [9.17, 15) is 18.0 Å². The molecule has 0 saturated carbocycles. The van der Waals surface area contributed by atoms with Gasteiger partial charge in [-0.05, 0) is 29.8 Å². The van der Waals surface area contributed by atoms with Crippen LogP contribution in [-0.2, 0) is 23.5 Å². The van der Waals surface area contributed by atoms with Gasteiger partial charge >= 0.3 is 0 Å². The van der Waals surface area contributed by atoms with Gasteiger partial charge in [0.05, 0.1) is 6.61 Å². The van der Waals surface area contributed by atoms with Crippen LogP contribution in [-0.4, -0.2) is 66.8 Å². The maximum Gasteiger partial charge on any atom is 0.265 e. The van der Waals surface area contributed by atoms with Gasteiger partial charge < -0.3 is 19.9 Å². The van der Waals surface area contributed by atoms with Crippen LogP contribution in [0.15, 0.2) is 35.4 Å². The van der Waals surface area contributed by atoms with Gasteiger partial charge in [0.2, 0.25) is 10.0 Å². The van der Waals surface area contributed by atoms with Crippen molar-refractivity contribution < 1.29 is 22.7 Å². The Balaban J connectivity index is 1.45. The molecule has 1 aromatic heterocycles. The molecule has 2 aliphatic rings. The summed E-state index contributed by atoms with van der Waals surface area (Å²) < 4.78 is 34.0. The fourth-order valence-electron chi connectivity index (χ4n) is 3.70. The molecular weight excluding hydrogens is 396 g/mol. The second kappa shape index (κ2) is 7.20. The number of amides is 2. The van der Waals surface area contributed by atoms with E-state index in [0.717, 1.165) is 17.7 Å². The first-order chi connectivity index (χ1) is 13.8. The number of ether oxygens (including phenoxy) is 1. The number of carbonyl (C=O) groups is 2. The van der Waals surface area contributed by atoms with Crippen LogP contribution >= 0.6 is 0 Å². The molecule has 2 aliphatic heterocycles. The summed E-state index contributed by atoms with van der Waals surface area (Å²) in [5, 5.41) is 0. The van der Waals surface area contributed by atoms with E-state index in [1.807, 2.05) is 12.1 Å². The number of fused-ring (bicyclic) bond motifs is 1. The molecule has 1 saturated heterocycles. The van der Waals surface area contributed by atoms with Gasteiger partial charge in [0.25, 0.3) is 11.8 Å². The zero-order chi connectivity index (χ0) is 20.8. The number of piperazine rings is 1. The van der Waals surface area contributed by atoms with Crippen molar-refractivity contribution >= 4 is 21.8 Å². The Morgan fingerprint density at radius 2 is 1.83 bits per heavy atom. The van der Waals surface area contributed by atoms with E-state index in [-0.39, 0.29) is 29.6 Å². The van der Waals surface area contributed by atoms with Crippen LogP contribution in [0.4, 0.5) is 0 Å². The lowest BCUT2D eigenvalue weighted by Gasteiger charge is -2.33. The zero-order valence-electron chi connectivity index (χ0n) is 16.0. The predicted molar refractivity (Wildman–Crippen MR) is 104 cm³/mol. The van der Waals surface area contributed by atoms with E-state index in [1.54, 1.807) is 18.0 Å². The molecule has 9 nitrogen and oxygen atoms in total. The predicted octanol–water partition coefficient (Wildman–Crippen LogP) is 0.206. The molecule has 1 fully saturated rings. The first-order valence-corrected chi connectivity index (χ1v) is 10.7. The van der Waals surface area contributed by atoms with E-state index in [0.29, 0.717) is 25.3 Å². The molecule has 0 radical (unpaired) electrons. The summed E-state index contributed by atoms with van der Waals surface area (Å²) in [6.07, 6.45) is 2.16. The molecule has 29 heavy (non-hydrogen) atoms. The molecule has 0 atom stereocenters. The van der Waals surface area contributed by atoms with Crippen molar-refractivity contribution in [2.75, 3.05) is 32.8 Å². The van der Waals surface area contributed by atoms with Crippen molar-refractivity contribution in [2.45, 2.75) is 11.3 Å². The van der Waals surface area contributed by atoms with Crippen molar-refractivity contribution in [3.05, 3.63) is 47.3 Å². The molecule has 3 heterocycles. The number of hydrogen-bond donors (Lipinski definition) is 1. The third-order valence-corrected chi connectivity index (χ3v) is 7.20. The van der Waals surface area contributed by atoms with Crippen molar-refractivity contribution in [3.8, 4) is 5.75 Å². The Hall–Kier alpha value is -2.85. The SMILES string of the molecule is Cn1cc(S(=O)(=O)N2CCN(C(=O)c3ccc4c(c3)CCO4)CC2)cc1C(N)=O. The summed E-state index contributed by atoms with van der Waals surface area (Å²) in [7, 11) is -2.20. The molecule has 0 spiro atoms. The second-order valence-electron chi connectivity index (χ2n) is 7.15. The quantitative estimate of drug-likeness (QED) is 0.762. The fourth-order valence-corrected chi connectivity index (χ4v) is 5.20. The van der Waals surface area contributed by atoms with E-state index >= 15 is 0 Å². The molecule has 4 rings (SSSR count). The zero-order valence-corrected chi connectivity index (χ0v) is 16.8.